The van der Waals surface area contributed by atoms with Crippen LogP contribution >= 0.6 is 0 Å². The molecule has 0 bridgehead atoms. The minimum atomic E-state index is -0.255. The van der Waals surface area contributed by atoms with E-state index in [9.17, 15) is 24.0 Å². The van der Waals surface area contributed by atoms with Crippen LogP contribution < -0.4 is 0 Å². The van der Waals surface area contributed by atoms with E-state index in [1.807, 2.05) is 0 Å². The molecule has 1 rings (SSSR count). The van der Waals surface area contributed by atoms with Crippen molar-refractivity contribution in [3.63, 3.8) is 0 Å². The van der Waals surface area contributed by atoms with Gasteiger partial charge >= 0.3 is 0 Å². The number of rotatable bonds is 11. The number of aldehydes is 2. The maximum atomic E-state index is 11.3. The number of hydroxylamine groups is 2. The Kier molecular flexibility index (Phi) is 12.4. The predicted molar refractivity (Wildman–Crippen MR) is 89.7 cm³/mol. The topological polar surface area (TPSA) is 101 Å². The van der Waals surface area contributed by atoms with E-state index in [2.05, 4.69) is 0 Å². The molecule has 0 N–H and O–H groups in total. The van der Waals surface area contributed by atoms with Crippen LogP contribution in [-0.4, -0.2) is 60.9 Å². The van der Waals surface area contributed by atoms with E-state index in [0.29, 0.717) is 32.2 Å². The quantitative estimate of drug-likeness (QED) is 0.136. The fourth-order valence-electron chi connectivity index (χ4n) is 1.86. The van der Waals surface area contributed by atoms with Crippen LogP contribution in [-0.2, 0) is 28.8 Å². The highest BCUT2D eigenvalue weighted by Crippen LogP contribution is 2.11. The first-order valence-corrected chi connectivity index (χ1v) is 7.96. The summed E-state index contributed by atoms with van der Waals surface area (Å²) in [4.78, 5) is 58.2. The second-order valence-corrected chi connectivity index (χ2v) is 5.31. The molecule has 0 spiro atoms. The molecule has 0 saturated heterocycles. The van der Waals surface area contributed by atoms with Crippen LogP contribution in [0.2, 0.25) is 0 Å². The Bertz CT molecular complexity index is 509. The molecule has 0 aromatic carbocycles. The van der Waals surface area contributed by atoms with Gasteiger partial charge in [-0.2, -0.15) is 0 Å². The highest BCUT2D eigenvalue weighted by Gasteiger charge is 2.22. The van der Waals surface area contributed by atoms with E-state index in [0.717, 1.165) is 25.4 Å². The van der Waals surface area contributed by atoms with Gasteiger partial charge in [-0.05, 0) is 12.8 Å². The summed E-state index contributed by atoms with van der Waals surface area (Å²) in [5.41, 5.74) is 0. The highest BCUT2D eigenvalue weighted by atomic mass is 16.7. The molecule has 8 nitrogen and oxygen atoms in total. The van der Waals surface area contributed by atoms with E-state index < -0.39 is 0 Å². The van der Waals surface area contributed by atoms with Crippen molar-refractivity contribution in [3.8, 4) is 0 Å². The number of nitrogens with zero attached hydrogens (tertiary/aromatic N) is 2. The number of allylic oxidation sites excluding steroid dienone is 1. The largest absolute Gasteiger partial charge is 0.399 e. The van der Waals surface area contributed by atoms with Gasteiger partial charge < -0.3 is 14.4 Å². The van der Waals surface area contributed by atoms with E-state index in [1.54, 1.807) is 20.0 Å². The van der Waals surface area contributed by atoms with Gasteiger partial charge in [0, 0.05) is 52.1 Å². The molecule has 25 heavy (non-hydrogen) atoms. The molecule has 0 aromatic heterocycles. The van der Waals surface area contributed by atoms with Crippen LogP contribution in [0, 0.1) is 0 Å². The number of amides is 2. The van der Waals surface area contributed by atoms with Crippen LogP contribution in [0.3, 0.4) is 0 Å². The van der Waals surface area contributed by atoms with E-state index in [-0.39, 0.29) is 17.6 Å². The summed E-state index contributed by atoms with van der Waals surface area (Å²) in [7, 11) is 3.38. The third kappa shape index (κ3) is 10.8. The number of carbonyl (C=O) groups excluding carboxylic acids is 5. The lowest BCUT2D eigenvalue weighted by molar-refractivity contribution is -0.136. The second kappa shape index (κ2) is 13.8. The Balaban J connectivity index is 0.000000823. The molecule has 0 aliphatic carbocycles. The SMILES string of the molecule is CN(C)OC(=C=O)CCCCCN1C(=O)C=CC1=O.O=CCCC=O. The first-order chi connectivity index (χ1) is 12.0. The van der Waals surface area contributed by atoms with Crippen LogP contribution in [0.1, 0.15) is 38.5 Å². The predicted octanol–water partition coefficient (Wildman–Crippen LogP) is 0.845. The van der Waals surface area contributed by atoms with Gasteiger partial charge in [0.05, 0.1) is 0 Å². The molecule has 1 heterocycles. The molecule has 8 heteroatoms. The van der Waals surface area contributed by atoms with Crippen molar-refractivity contribution in [3.05, 3.63) is 17.9 Å². The number of imide groups is 1. The molecule has 0 atom stereocenters. The van der Waals surface area contributed by atoms with E-state index in [1.165, 1.54) is 22.1 Å². The smallest absolute Gasteiger partial charge is 0.253 e. The Hall–Kier alpha value is -2.57. The van der Waals surface area contributed by atoms with Crippen LogP contribution in [0.5, 0.6) is 0 Å². The lowest BCUT2D eigenvalue weighted by Gasteiger charge is -2.14. The van der Waals surface area contributed by atoms with Crippen molar-refractivity contribution in [1.29, 1.82) is 0 Å². The molecule has 0 saturated carbocycles. The monoisotopic (exact) mass is 352 g/mol. The lowest BCUT2D eigenvalue weighted by Crippen LogP contribution is -2.30. The van der Waals surface area contributed by atoms with Gasteiger partial charge in [0.1, 0.15) is 12.6 Å². The maximum Gasteiger partial charge on any atom is 0.253 e. The number of hydrogen-bond acceptors (Lipinski definition) is 7. The van der Waals surface area contributed by atoms with Gasteiger partial charge in [-0.25, -0.2) is 4.79 Å². The zero-order chi connectivity index (χ0) is 19.1. The average molecular weight is 352 g/mol. The zero-order valence-electron chi connectivity index (χ0n) is 14.6. The Morgan fingerprint density at radius 3 is 2.08 bits per heavy atom. The molecule has 1 aliphatic rings. The molecule has 0 radical (unpaired) electrons. The van der Waals surface area contributed by atoms with Crippen LogP contribution in [0.15, 0.2) is 17.9 Å². The molecular formula is C17H24N2O6. The molecule has 0 fully saturated rings. The number of hydrogen-bond donors (Lipinski definition) is 0. The average Bonchev–Trinajstić information content (AvgIpc) is 2.90. The maximum absolute atomic E-state index is 11.3. The molecule has 138 valence electrons. The van der Waals surface area contributed by atoms with Crippen molar-refractivity contribution < 1.29 is 28.8 Å². The zero-order valence-corrected chi connectivity index (χ0v) is 14.6. The van der Waals surface area contributed by atoms with Gasteiger partial charge in [-0.3, -0.25) is 14.5 Å². The molecule has 0 unspecified atom stereocenters. The van der Waals surface area contributed by atoms with Crippen LogP contribution in [0.25, 0.3) is 0 Å². The van der Waals surface area contributed by atoms with Crippen LogP contribution in [0.4, 0.5) is 0 Å². The number of unbranched alkanes of at least 4 members (excludes halogenated alkanes) is 3. The number of carbonyl (C=O) groups is 4. The van der Waals surface area contributed by atoms with Gasteiger partial charge in [0.2, 0.25) is 5.76 Å². The molecular weight excluding hydrogens is 328 g/mol. The Morgan fingerprint density at radius 2 is 1.64 bits per heavy atom. The summed E-state index contributed by atoms with van der Waals surface area (Å²) in [5, 5.41) is 1.44. The Labute approximate surface area is 147 Å². The van der Waals surface area contributed by atoms with Crippen molar-refractivity contribution in [2.45, 2.75) is 38.5 Å². The van der Waals surface area contributed by atoms with Gasteiger partial charge in [0.25, 0.3) is 11.8 Å². The van der Waals surface area contributed by atoms with E-state index in [4.69, 9.17) is 4.84 Å². The fourth-order valence-corrected chi connectivity index (χ4v) is 1.86. The second-order valence-electron chi connectivity index (χ2n) is 5.31. The normalized spacial score (nSPS) is 12.5. The van der Waals surface area contributed by atoms with Crippen molar-refractivity contribution in [1.82, 2.24) is 9.96 Å². The lowest BCUT2D eigenvalue weighted by atomic mass is 10.1. The van der Waals surface area contributed by atoms with Crippen molar-refractivity contribution in [2.75, 3.05) is 20.6 Å². The van der Waals surface area contributed by atoms with Gasteiger partial charge in [0.15, 0.2) is 5.94 Å². The highest BCUT2D eigenvalue weighted by molar-refractivity contribution is 6.12. The summed E-state index contributed by atoms with van der Waals surface area (Å²) in [6.07, 6.45) is 7.52. The third-order valence-corrected chi connectivity index (χ3v) is 3.00. The fraction of sp³-hybridized carbons (Fsp3) is 0.529. The minimum Gasteiger partial charge on any atom is -0.399 e. The van der Waals surface area contributed by atoms with Crippen molar-refractivity contribution >= 4 is 30.3 Å². The molecule has 1 aliphatic heterocycles. The van der Waals surface area contributed by atoms with Gasteiger partial charge in [-0.1, -0.05) is 6.42 Å². The summed E-state index contributed by atoms with van der Waals surface area (Å²) in [5.74, 6) is 1.51. The summed E-state index contributed by atoms with van der Waals surface area (Å²) in [6, 6.07) is 0. The van der Waals surface area contributed by atoms with E-state index >= 15 is 0 Å². The molecule has 0 aromatic rings. The summed E-state index contributed by atoms with van der Waals surface area (Å²) >= 11 is 0. The summed E-state index contributed by atoms with van der Waals surface area (Å²) in [6.45, 7) is 0.416. The minimum absolute atomic E-state index is 0.255. The van der Waals surface area contributed by atoms with Crippen molar-refractivity contribution in [2.24, 2.45) is 0 Å². The third-order valence-electron chi connectivity index (χ3n) is 3.00. The Morgan fingerprint density at radius 1 is 1.08 bits per heavy atom. The van der Waals surface area contributed by atoms with Gasteiger partial charge in [-0.15, -0.1) is 5.06 Å². The first kappa shape index (κ1) is 22.4. The molecule has 2 amide bonds. The summed E-state index contributed by atoms with van der Waals surface area (Å²) < 4.78 is 0. The first-order valence-electron chi connectivity index (χ1n) is 7.96. The standard InChI is InChI=1S/C13H18N2O4.C4H6O2/c1-14(2)19-11(10-16)6-4-3-5-9-15-12(17)7-8-13(15)18;5-3-1-2-4-6/h7-8H,3-6,9H2,1-2H3;3-4H,1-2H2.